The maximum absolute atomic E-state index is 5.47. The standard InChI is InChI=1S/C14H19N3O2/c1-2-15-10-13-11-19-14(17-13)18-9-3-4-12-5-7-16-8-6-12/h5-8,11,15H,2-4,9-10H2,1H3. The highest BCUT2D eigenvalue weighted by atomic mass is 16.6. The van der Waals surface area contributed by atoms with Gasteiger partial charge in [0.15, 0.2) is 0 Å². The third-order valence-corrected chi connectivity index (χ3v) is 2.67. The lowest BCUT2D eigenvalue weighted by Gasteiger charge is -2.01. The molecule has 0 aliphatic carbocycles. The minimum Gasteiger partial charge on any atom is -0.450 e. The molecular formula is C14H19N3O2. The number of hydrogen-bond acceptors (Lipinski definition) is 5. The van der Waals surface area contributed by atoms with Gasteiger partial charge in [0.25, 0.3) is 0 Å². The number of nitrogens with one attached hydrogen (secondary N) is 1. The molecule has 102 valence electrons. The van der Waals surface area contributed by atoms with Crippen molar-refractivity contribution in [2.45, 2.75) is 26.3 Å². The van der Waals surface area contributed by atoms with Gasteiger partial charge in [0.2, 0.25) is 0 Å². The molecule has 0 aliphatic rings. The number of aromatic nitrogens is 2. The van der Waals surface area contributed by atoms with E-state index in [1.807, 2.05) is 12.1 Å². The highest BCUT2D eigenvalue weighted by Crippen LogP contribution is 2.10. The van der Waals surface area contributed by atoms with Crippen LogP contribution in [-0.4, -0.2) is 23.1 Å². The highest BCUT2D eigenvalue weighted by Gasteiger charge is 2.04. The molecule has 0 amide bonds. The lowest BCUT2D eigenvalue weighted by molar-refractivity contribution is 0.227. The van der Waals surface area contributed by atoms with Gasteiger partial charge in [0, 0.05) is 18.9 Å². The van der Waals surface area contributed by atoms with Crippen LogP contribution in [0, 0.1) is 0 Å². The zero-order valence-corrected chi connectivity index (χ0v) is 11.1. The van der Waals surface area contributed by atoms with Gasteiger partial charge in [0.05, 0.1) is 12.3 Å². The second-order valence-electron chi connectivity index (χ2n) is 4.19. The van der Waals surface area contributed by atoms with E-state index in [1.165, 1.54) is 5.56 Å². The van der Waals surface area contributed by atoms with E-state index < -0.39 is 0 Å². The minimum atomic E-state index is 0.350. The van der Waals surface area contributed by atoms with Gasteiger partial charge in [-0.25, -0.2) is 0 Å². The molecular weight excluding hydrogens is 242 g/mol. The molecule has 0 spiro atoms. The highest BCUT2D eigenvalue weighted by molar-refractivity contribution is 5.09. The molecule has 0 fully saturated rings. The fraction of sp³-hybridized carbons (Fsp3) is 0.429. The van der Waals surface area contributed by atoms with Crippen molar-refractivity contribution in [1.82, 2.24) is 15.3 Å². The molecule has 5 nitrogen and oxygen atoms in total. The lowest BCUT2D eigenvalue weighted by atomic mass is 10.1. The molecule has 0 aromatic carbocycles. The van der Waals surface area contributed by atoms with E-state index in [9.17, 15) is 0 Å². The molecule has 1 N–H and O–H groups in total. The first-order chi connectivity index (χ1) is 9.38. The molecule has 0 saturated carbocycles. The van der Waals surface area contributed by atoms with Crippen molar-refractivity contribution >= 4 is 0 Å². The van der Waals surface area contributed by atoms with Crippen molar-refractivity contribution in [2.75, 3.05) is 13.2 Å². The molecule has 2 aromatic rings. The van der Waals surface area contributed by atoms with Crippen LogP contribution in [0.4, 0.5) is 0 Å². The molecule has 0 aliphatic heterocycles. The number of nitrogens with zero attached hydrogens (tertiary/aromatic N) is 2. The van der Waals surface area contributed by atoms with Crippen LogP contribution in [0.2, 0.25) is 0 Å². The Morgan fingerprint density at radius 3 is 2.95 bits per heavy atom. The Labute approximate surface area is 113 Å². The summed E-state index contributed by atoms with van der Waals surface area (Å²) in [6, 6.07) is 4.03. The summed E-state index contributed by atoms with van der Waals surface area (Å²) >= 11 is 0. The first-order valence-electron chi connectivity index (χ1n) is 6.55. The Bertz CT molecular complexity index is 471. The molecule has 0 unspecified atom stereocenters. The van der Waals surface area contributed by atoms with Gasteiger partial charge in [-0.2, -0.15) is 4.98 Å². The third kappa shape index (κ3) is 4.71. The summed E-state index contributed by atoms with van der Waals surface area (Å²) < 4.78 is 10.7. The van der Waals surface area contributed by atoms with Gasteiger partial charge >= 0.3 is 6.08 Å². The van der Waals surface area contributed by atoms with E-state index in [-0.39, 0.29) is 0 Å². The van der Waals surface area contributed by atoms with E-state index in [2.05, 4.69) is 22.2 Å². The van der Waals surface area contributed by atoms with Crippen LogP contribution >= 0.6 is 0 Å². The van der Waals surface area contributed by atoms with Gasteiger partial charge in [-0.05, 0) is 37.1 Å². The van der Waals surface area contributed by atoms with Crippen molar-refractivity contribution in [3.05, 3.63) is 42.0 Å². The molecule has 2 rings (SSSR count). The average molecular weight is 261 g/mol. The van der Waals surface area contributed by atoms with Crippen LogP contribution in [0.5, 0.6) is 6.08 Å². The van der Waals surface area contributed by atoms with Gasteiger partial charge in [-0.1, -0.05) is 6.92 Å². The summed E-state index contributed by atoms with van der Waals surface area (Å²) in [6.45, 7) is 4.27. The zero-order valence-electron chi connectivity index (χ0n) is 11.1. The molecule has 5 heteroatoms. The molecule has 0 atom stereocenters. The summed E-state index contributed by atoms with van der Waals surface area (Å²) in [7, 11) is 0. The predicted octanol–water partition coefficient (Wildman–Crippen LogP) is 2.19. The van der Waals surface area contributed by atoms with Crippen LogP contribution in [-0.2, 0) is 13.0 Å². The molecule has 0 saturated heterocycles. The van der Waals surface area contributed by atoms with Crippen LogP contribution in [0.3, 0.4) is 0 Å². The smallest absolute Gasteiger partial charge is 0.393 e. The van der Waals surface area contributed by atoms with Gasteiger partial charge in [-0.3, -0.25) is 4.98 Å². The Hall–Kier alpha value is -1.88. The topological polar surface area (TPSA) is 60.2 Å². The van der Waals surface area contributed by atoms with Gasteiger partial charge in [-0.15, -0.1) is 0 Å². The van der Waals surface area contributed by atoms with Crippen molar-refractivity contribution < 1.29 is 9.15 Å². The minimum absolute atomic E-state index is 0.350. The number of oxazole rings is 1. The fourth-order valence-corrected chi connectivity index (χ4v) is 1.67. The van der Waals surface area contributed by atoms with Crippen LogP contribution in [0.1, 0.15) is 24.6 Å². The summed E-state index contributed by atoms with van der Waals surface area (Å²) in [4.78, 5) is 8.22. The molecule has 2 heterocycles. The first-order valence-corrected chi connectivity index (χ1v) is 6.55. The summed E-state index contributed by atoms with van der Waals surface area (Å²) in [5.41, 5.74) is 2.13. The van der Waals surface area contributed by atoms with E-state index in [1.54, 1.807) is 18.7 Å². The molecule has 2 aromatic heterocycles. The lowest BCUT2D eigenvalue weighted by Crippen LogP contribution is -2.11. The fourth-order valence-electron chi connectivity index (χ4n) is 1.67. The van der Waals surface area contributed by atoms with Crippen molar-refractivity contribution in [3.8, 4) is 6.08 Å². The Balaban J connectivity index is 1.66. The van der Waals surface area contributed by atoms with Crippen LogP contribution in [0.25, 0.3) is 0 Å². The van der Waals surface area contributed by atoms with E-state index >= 15 is 0 Å². The van der Waals surface area contributed by atoms with Gasteiger partial charge < -0.3 is 14.5 Å². The SMILES string of the molecule is CCNCc1coc(OCCCc2ccncc2)n1. The first kappa shape index (κ1) is 13.5. The van der Waals surface area contributed by atoms with Crippen molar-refractivity contribution in [1.29, 1.82) is 0 Å². The van der Waals surface area contributed by atoms with Crippen molar-refractivity contribution in [3.63, 3.8) is 0 Å². The maximum atomic E-state index is 5.47. The largest absolute Gasteiger partial charge is 0.450 e. The van der Waals surface area contributed by atoms with E-state index in [0.717, 1.165) is 25.1 Å². The van der Waals surface area contributed by atoms with E-state index in [0.29, 0.717) is 19.2 Å². The second kappa shape index (κ2) is 7.53. The molecule has 0 radical (unpaired) electrons. The Morgan fingerprint density at radius 2 is 2.16 bits per heavy atom. The number of ether oxygens (including phenoxy) is 1. The Kier molecular flexibility index (Phi) is 5.37. The average Bonchev–Trinajstić information content (AvgIpc) is 2.90. The third-order valence-electron chi connectivity index (χ3n) is 2.67. The number of aryl methyl sites for hydroxylation is 1. The summed E-state index contributed by atoms with van der Waals surface area (Å²) in [5, 5.41) is 3.18. The quantitative estimate of drug-likeness (QED) is 0.738. The van der Waals surface area contributed by atoms with Crippen LogP contribution in [0.15, 0.2) is 35.2 Å². The number of rotatable bonds is 8. The molecule has 19 heavy (non-hydrogen) atoms. The normalized spacial score (nSPS) is 10.6. The molecule has 0 bridgehead atoms. The second-order valence-corrected chi connectivity index (χ2v) is 4.19. The summed E-state index contributed by atoms with van der Waals surface area (Å²) in [5.74, 6) is 0. The maximum Gasteiger partial charge on any atom is 0.393 e. The predicted molar refractivity (Wildman–Crippen MR) is 71.9 cm³/mol. The zero-order chi connectivity index (χ0) is 13.3. The van der Waals surface area contributed by atoms with E-state index in [4.69, 9.17) is 9.15 Å². The summed E-state index contributed by atoms with van der Waals surface area (Å²) in [6.07, 6.45) is 7.47. The van der Waals surface area contributed by atoms with Gasteiger partial charge in [0.1, 0.15) is 6.26 Å². The van der Waals surface area contributed by atoms with Crippen molar-refractivity contribution in [2.24, 2.45) is 0 Å². The Morgan fingerprint density at radius 1 is 1.32 bits per heavy atom. The number of pyridine rings is 1. The van der Waals surface area contributed by atoms with Crippen LogP contribution < -0.4 is 10.1 Å². The monoisotopic (exact) mass is 261 g/mol. The number of hydrogen-bond donors (Lipinski definition) is 1.